The average molecular weight is 463 g/mol. The zero-order valence-corrected chi connectivity index (χ0v) is 18.5. The topological polar surface area (TPSA) is 69.6 Å². The maximum atomic E-state index is 14.5. The van der Waals surface area contributed by atoms with Gasteiger partial charge in [0.1, 0.15) is 11.9 Å². The summed E-state index contributed by atoms with van der Waals surface area (Å²) in [6.45, 7) is 0.982. The number of alkyl halides is 1. The Morgan fingerprint density at radius 2 is 1.88 bits per heavy atom. The summed E-state index contributed by atoms with van der Waals surface area (Å²) < 4.78 is 28.7. The standard InChI is InChI=1S/C26H24F2N4O2/c27-20-5-2-1-4-18(20)17-13-29-25(30-14-17)32-15-26(9-10-26)19-8-7-16(12-21(19)32)24(34)31-11-3-6-22(33)23(31)28/h1-2,4-5,7-8,12-14,22-23,33H,3,6,9-11,15H2. The van der Waals surface area contributed by atoms with Crippen LogP contribution >= 0.6 is 0 Å². The van der Waals surface area contributed by atoms with E-state index in [4.69, 9.17) is 0 Å². The number of hydrogen-bond donors (Lipinski definition) is 1. The Bertz CT molecular complexity index is 1260. The highest BCUT2D eigenvalue weighted by Gasteiger charge is 2.52. The van der Waals surface area contributed by atoms with Gasteiger partial charge >= 0.3 is 0 Å². The fourth-order valence-electron chi connectivity index (χ4n) is 5.18. The fourth-order valence-corrected chi connectivity index (χ4v) is 5.18. The lowest BCUT2D eigenvalue weighted by molar-refractivity contribution is -0.0441. The molecule has 8 heteroatoms. The van der Waals surface area contributed by atoms with Crippen LogP contribution in [0.25, 0.3) is 11.1 Å². The van der Waals surface area contributed by atoms with Crippen LogP contribution in [0.2, 0.25) is 0 Å². The van der Waals surface area contributed by atoms with Crippen molar-refractivity contribution in [2.75, 3.05) is 18.0 Å². The monoisotopic (exact) mass is 462 g/mol. The molecule has 2 atom stereocenters. The van der Waals surface area contributed by atoms with Crippen LogP contribution in [0.5, 0.6) is 0 Å². The number of hydrogen-bond acceptors (Lipinski definition) is 5. The van der Waals surface area contributed by atoms with E-state index < -0.39 is 18.3 Å². The molecule has 1 amide bonds. The van der Waals surface area contributed by atoms with Crippen LogP contribution in [-0.2, 0) is 5.41 Å². The van der Waals surface area contributed by atoms with Crippen LogP contribution in [0.3, 0.4) is 0 Å². The third-order valence-electron chi connectivity index (χ3n) is 7.26. The van der Waals surface area contributed by atoms with Gasteiger partial charge in [0.05, 0.1) is 0 Å². The molecule has 3 aromatic rings. The van der Waals surface area contributed by atoms with Crippen molar-refractivity contribution < 1.29 is 18.7 Å². The molecule has 2 aliphatic heterocycles. The second-order valence-electron chi connectivity index (χ2n) is 9.43. The molecule has 2 aromatic carbocycles. The van der Waals surface area contributed by atoms with Gasteiger partial charge in [0.15, 0.2) is 0 Å². The molecule has 3 heterocycles. The summed E-state index contributed by atoms with van der Waals surface area (Å²) >= 11 is 0. The SMILES string of the molecule is O=C(c1ccc2c(c1)N(c1ncc(-c3ccccc3F)cn1)CC21CC1)N1CCCC(O)C1F. The first kappa shape index (κ1) is 21.2. The summed E-state index contributed by atoms with van der Waals surface area (Å²) in [4.78, 5) is 25.2. The lowest BCUT2D eigenvalue weighted by Gasteiger charge is -2.34. The summed E-state index contributed by atoms with van der Waals surface area (Å²) in [6.07, 6.45) is 3.37. The summed E-state index contributed by atoms with van der Waals surface area (Å²) in [5.41, 5.74) is 3.40. The van der Waals surface area contributed by atoms with Crippen LogP contribution in [0.4, 0.5) is 20.4 Å². The number of aromatic nitrogens is 2. The molecule has 0 radical (unpaired) electrons. The summed E-state index contributed by atoms with van der Waals surface area (Å²) in [6, 6.07) is 12.0. The number of aliphatic hydroxyl groups excluding tert-OH is 1. The van der Waals surface area contributed by atoms with Crippen LogP contribution in [0.1, 0.15) is 41.6 Å². The summed E-state index contributed by atoms with van der Waals surface area (Å²) in [7, 11) is 0. The molecule has 2 unspecified atom stereocenters. The third-order valence-corrected chi connectivity index (χ3v) is 7.26. The Hall–Kier alpha value is -3.39. The predicted molar refractivity (Wildman–Crippen MR) is 123 cm³/mol. The Morgan fingerprint density at radius 1 is 1.12 bits per heavy atom. The maximum absolute atomic E-state index is 14.5. The first-order valence-electron chi connectivity index (χ1n) is 11.6. The van der Waals surface area contributed by atoms with E-state index >= 15 is 0 Å². The van der Waals surface area contributed by atoms with Crippen LogP contribution < -0.4 is 4.90 Å². The number of nitrogens with zero attached hydrogens (tertiary/aromatic N) is 4. The molecule has 0 bridgehead atoms. The molecule has 1 aromatic heterocycles. The zero-order valence-electron chi connectivity index (χ0n) is 18.5. The number of carbonyl (C=O) groups excluding carboxylic acids is 1. The van der Waals surface area contributed by atoms with Crippen molar-refractivity contribution in [2.45, 2.75) is 43.5 Å². The van der Waals surface area contributed by atoms with E-state index in [2.05, 4.69) is 9.97 Å². The quantitative estimate of drug-likeness (QED) is 0.586. The Morgan fingerprint density at radius 3 is 2.62 bits per heavy atom. The molecule has 174 valence electrons. The number of benzene rings is 2. The van der Waals surface area contributed by atoms with Crippen molar-refractivity contribution >= 4 is 17.5 Å². The molecule has 6 nitrogen and oxygen atoms in total. The van der Waals surface area contributed by atoms with E-state index in [0.717, 1.165) is 29.0 Å². The summed E-state index contributed by atoms with van der Waals surface area (Å²) in [5.74, 6) is -0.285. The number of fused-ring (bicyclic) bond motifs is 2. The van der Waals surface area contributed by atoms with Crippen LogP contribution in [0, 0.1) is 5.82 Å². The fraction of sp³-hybridized carbons (Fsp3) is 0.346. The van der Waals surface area contributed by atoms with Gasteiger partial charge in [-0.25, -0.2) is 18.7 Å². The molecule has 1 saturated heterocycles. The molecule has 1 saturated carbocycles. The van der Waals surface area contributed by atoms with E-state index in [1.807, 2.05) is 11.0 Å². The van der Waals surface area contributed by atoms with Crippen molar-refractivity contribution in [3.63, 3.8) is 0 Å². The first-order chi connectivity index (χ1) is 16.5. The number of amides is 1. The number of rotatable bonds is 3. The van der Waals surface area contributed by atoms with Crippen molar-refractivity contribution in [3.05, 3.63) is 71.8 Å². The Kier molecular flexibility index (Phi) is 4.88. The first-order valence-corrected chi connectivity index (χ1v) is 11.6. The largest absolute Gasteiger partial charge is 0.388 e. The molecule has 2 fully saturated rings. The highest BCUT2D eigenvalue weighted by molar-refractivity contribution is 5.96. The average Bonchev–Trinajstić information content (AvgIpc) is 3.57. The highest BCUT2D eigenvalue weighted by Crippen LogP contribution is 2.57. The second-order valence-corrected chi connectivity index (χ2v) is 9.43. The smallest absolute Gasteiger partial charge is 0.256 e. The number of anilines is 2. The Balaban J connectivity index is 1.33. The highest BCUT2D eigenvalue weighted by atomic mass is 19.1. The number of carbonyl (C=O) groups is 1. The van der Waals surface area contributed by atoms with Gasteiger partial charge in [-0.1, -0.05) is 24.3 Å². The van der Waals surface area contributed by atoms with Gasteiger partial charge in [-0.05, 0) is 49.4 Å². The van der Waals surface area contributed by atoms with Gasteiger partial charge in [-0.2, -0.15) is 0 Å². The van der Waals surface area contributed by atoms with E-state index in [-0.39, 0.29) is 17.8 Å². The summed E-state index contributed by atoms with van der Waals surface area (Å²) in [5, 5.41) is 9.87. The van der Waals surface area contributed by atoms with E-state index in [0.29, 0.717) is 42.0 Å². The van der Waals surface area contributed by atoms with Gasteiger partial charge in [-0.15, -0.1) is 0 Å². The minimum Gasteiger partial charge on any atom is -0.388 e. The third kappa shape index (κ3) is 3.36. The number of aliphatic hydroxyl groups is 1. The second kappa shape index (κ2) is 7.84. The van der Waals surface area contributed by atoms with Gasteiger partial charge < -0.3 is 14.9 Å². The molecule has 1 spiro atoms. The lowest BCUT2D eigenvalue weighted by atomic mass is 9.97. The van der Waals surface area contributed by atoms with Gasteiger partial charge in [0.2, 0.25) is 12.2 Å². The minimum absolute atomic E-state index is 0.0222. The Labute approximate surface area is 195 Å². The molecule has 1 aliphatic carbocycles. The number of halogens is 2. The molecule has 3 aliphatic rings. The zero-order chi connectivity index (χ0) is 23.4. The van der Waals surface area contributed by atoms with Gasteiger partial charge in [-0.3, -0.25) is 4.79 Å². The molecular weight excluding hydrogens is 438 g/mol. The normalized spacial score (nSPS) is 22.7. The molecule has 6 rings (SSSR count). The number of likely N-dealkylation sites (tertiary alicyclic amines) is 1. The van der Waals surface area contributed by atoms with E-state index in [1.54, 1.807) is 42.7 Å². The molecular formula is C26H24F2N4O2. The van der Waals surface area contributed by atoms with Crippen molar-refractivity contribution in [1.29, 1.82) is 0 Å². The number of piperidine rings is 1. The van der Waals surface area contributed by atoms with Crippen LogP contribution in [0.15, 0.2) is 54.9 Å². The predicted octanol–water partition coefficient (Wildman–Crippen LogP) is 4.36. The van der Waals surface area contributed by atoms with Gasteiger partial charge in [0, 0.05) is 53.3 Å². The van der Waals surface area contributed by atoms with E-state index in [1.165, 1.54) is 6.07 Å². The minimum atomic E-state index is -1.70. The maximum Gasteiger partial charge on any atom is 0.256 e. The van der Waals surface area contributed by atoms with Crippen molar-refractivity contribution in [1.82, 2.24) is 14.9 Å². The van der Waals surface area contributed by atoms with E-state index in [9.17, 15) is 18.7 Å². The van der Waals surface area contributed by atoms with Crippen molar-refractivity contribution in [3.8, 4) is 11.1 Å². The molecule has 1 N–H and O–H groups in total. The van der Waals surface area contributed by atoms with Crippen molar-refractivity contribution in [2.24, 2.45) is 0 Å². The van der Waals surface area contributed by atoms with Crippen LogP contribution in [-0.4, -0.2) is 51.4 Å². The lowest BCUT2D eigenvalue weighted by Crippen LogP contribution is -2.48. The van der Waals surface area contributed by atoms with Gasteiger partial charge in [0.25, 0.3) is 5.91 Å². The molecule has 34 heavy (non-hydrogen) atoms.